The minimum atomic E-state index is -2.63. The van der Waals surface area contributed by atoms with E-state index >= 15 is 0 Å². The van der Waals surface area contributed by atoms with Gasteiger partial charge >= 0.3 is 177 Å². The monoisotopic (exact) mass is 585 g/mol. The predicted octanol–water partition coefficient (Wildman–Crippen LogP) is 4.14. The molecule has 1 aromatic rings. The summed E-state index contributed by atoms with van der Waals surface area (Å²) in [6.07, 6.45) is -0.788. The average Bonchev–Trinajstić information content (AvgIpc) is 2.86. The summed E-state index contributed by atoms with van der Waals surface area (Å²) in [5, 5.41) is 3.18. The first-order chi connectivity index (χ1) is 13.0. The molecule has 0 aromatic heterocycles. The Morgan fingerprint density at radius 3 is 2.57 bits per heavy atom. The number of hydrogen-bond acceptors (Lipinski definition) is 6. The van der Waals surface area contributed by atoms with E-state index in [4.69, 9.17) is 18.5 Å². The summed E-state index contributed by atoms with van der Waals surface area (Å²) in [6.45, 7) is 8.77. The molecule has 1 fully saturated rings. The van der Waals surface area contributed by atoms with E-state index in [9.17, 15) is 9.18 Å². The van der Waals surface area contributed by atoms with Crippen molar-refractivity contribution in [2.24, 2.45) is 0 Å². The van der Waals surface area contributed by atoms with E-state index in [2.05, 4.69) is 5.09 Å². The number of rotatable bonds is 9. The Balaban J connectivity index is 2.07. The predicted molar refractivity (Wildman–Crippen MR) is 102 cm³/mol. The standard InChI is InChI=1S/C19H29FNO5P.W/c1-13(2)24-18(22)14(3)21-27(26-16-9-7-6-8-10-16)23-12-17-11-19(5,20)15(4)25-17;/h6-10,13-15,17,21H,11-12H2,1-5H3;/t14-,15+,17+,19-,27+;/m1./s1. The minimum absolute atomic E-state index is 0.187. The second kappa shape index (κ2) is 9.95. The maximum absolute atomic E-state index is 14.4. The summed E-state index contributed by atoms with van der Waals surface area (Å²) in [7, 11) is 0. The number of esters is 1. The third-order valence-electron chi connectivity index (χ3n) is 4.33. The molecule has 1 aliphatic rings. The molecule has 0 aliphatic carbocycles. The molecular weight excluding hydrogens is 556 g/mol. The van der Waals surface area contributed by atoms with Gasteiger partial charge in [-0.25, -0.2) is 0 Å². The van der Waals surface area contributed by atoms with E-state index < -0.39 is 23.3 Å². The Hall–Kier alpha value is -0.582. The third kappa shape index (κ3) is 7.03. The molecule has 0 radical (unpaired) electrons. The van der Waals surface area contributed by atoms with Gasteiger partial charge in [0.05, 0.1) is 0 Å². The number of halogens is 1. The molecule has 28 heavy (non-hydrogen) atoms. The van der Waals surface area contributed by atoms with E-state index in [1.165, 1.54) is 0 Å². The van der Waals surface area contributed by atoms with Crippen molar-refractivity contribution in [3.05, 3.63) is 30.3 Å². The molecule has 0 unspecified atom stereocenters. The van der Waals surface area contributed by atoms with Crippen molar-refractivity contribution in [2.75, 3.05) is 6.61 Å². The van der Waals surface area contributed by atoms with Crippen molar-refractivity contribution in [2.45, 2.75) is 71.1 Å². The number of para-hydroxylation sites is 1. The molecule has 1 aliphatic heterocycles. The fourth-order valence-electron chi connectivity index (χ4n) is 2.70. The molecule has 1 aromatic carbocycles. The molecule has 0 bridgehead atoms. The summed E-state index contributed by atoms with van der Waals surface area (Å²) < 4.78 is 37.6. The van der Waals surface area contributed by atoms with Crippen molar-refractivity contribution in [3.8, 4) is 5.75 Å². The van der Waals surface area contributed by atoms with Crippen molar-refractivity contribution in [1.82, 2.24) is 5.09 Å². The second-order valence-electron chi connectivity index (χ2n) is 7.42. The zero-order valence-corrected chi connectivity index (χ0v) is 20.7. The first kappa shape index (κ1) is 23.7. The SMILES string of the molecule is CC(C)OC(=O)[C@@H](C)N[P@@](=[W])(OC[C@@H]1C[C@@](C)(F)[C@H](C)O1)Oc1ccccc1. The van der Waals surface area contributed by atoms with E-state index in [-0.39, 0.29) is 31.2 Å². The van der Waals surface area contributed by atoms with Gasteiger partial charge < -0.3 is 0 Å². The number of hydrogen-bond donors (Lipinski definition) is 1. The number of carbonyl (C=O) groups is 1. The van der Waals surface area contributed by atoms with Crippen LogP contribution in [0.25, 0.3) is 0 Å². The van der Waals surface area contributed by atoms with Gasteiger partial charge in [0.15, 0.2) is 0 Å². The molecule has 1 N–H and O–H groups in total. The van der Waals surface area contributed by atoms with Gasteiger partial charge in [0, 0.05) is 0 Å². The molecule has 158 valence electrons. The molecule has 5 atom stereocenters. The summed E-state index contributed by atoms with van der Waals surface area (Å²) in [4.78, 5) is 12.2. The molecule has 0 spiro atoms. The molecule has 0 amide bonds. The fourth-order valence-corrected chi connectivity index (χ4v) is 7.51. The number of nitrogens with one attached hydrogen (secondary N) is 1. The Morgan fingerprint density at radius 2 is 2.04 bits per heavy atom. The van der Waals surface area contributed by atoms with Crippen molar-refractivity contribution in [1.29, 1.82) is 0 Å². The van der Waals surface area contributed by atoms with Crippen LogP contribution in [0.2, 0.25) is 0 Å². The first-order valence-corrected chi connectivity index (χ1v) is 14.8. The van der Waals surface area contributed by atoms with Gasteiger partial charge in [-0.2, -0.15) is 0 Å². The Kier molecular flexibility index (Phi) is 8.42. The first-order valence-electron chi connectivity index (χ1n) is 9.32. The normalized spacial score (nSPS) is 28.0. The van der Waals surface area contributed by atoms with Crippen LogP contribution in [-0.2, 0) is 37.6 Å². The quantitative estimate of drug-likeness (QED) is 0.348. The van der Waals surface area contributed by atoms with Crippen molar-refractivity contribution >= 4 is 11.5 Å². The zero-order valence-electron chi connectivity index (χ0n) is 16.9. The molecular formula is C19H29FNO5PW. The van der Waals surface area contributed by atoms with Gasteiger partial charge in [-0.15, -0.1) is 0 Å². The van der Waals surface area contributed by atoms with Crippen molar-refractivity contribution in [3.63, 3.8) is 0 Å². The maximum atomic E-state index is 14.4. The molecule has 0 saturated carbocycles. The fraction of sp³-hybridized carbons (Fsp3) is 0.632. The van der Waals surface area contributed by atoms with Crippen LogP contribution < -0.4 is 9.61 Å². The van der Waals surface area contributed by atoms with E-state index in [0.717, 1.165) is 18.8 Å². The Bertz CT molecular complexity index is 703. The zero-order chi connectivity index (χ0) is 20.9. The van der Waals surface area contributed by atoms with Crippen LogP contribution in [0.15, 0.2) is 30.3 Å². The van der Waals surface area contributed by atoms with Crippen molar-refractivity contribution < 1.29 is 46.5 Å². The van der Waals surface area contributed by atoms with E-state index in [1.54, 1.807) is 34.6 Å². The van der Waals surface area contributed by atoms with Crippen LogP contribution in [0.5, 0.6) is 5.75 Å². The molecule has 9 heteroatoms. The average molecular weight is 585 g/mol. The number of alkyl halides is 1. The van der Waals surface area contributed by atoms with Crippen LogP contribution in [0, 0.1) is 0 Å². The van der Waals surface area contributed by atoms with Gasteiger partial charge in [-0.1, -0.05) is 0 Å². The van der Waals surface area contributed by atoms with Gasteiger partial charge in [0.1, 0.15) is 0 Å². The van der Waals surface area contributed by atoms with Crippen LogP contribution in [0.4, 0.5) is 4.39 Å². The number of ether oxygens (including phenoxy) is 2. The summed E-state index contributed by atoms with van der Waals surface area (Å²) in [5.41, 5.74) is -4.01. The third-order valence-corrected chi connectivity index (χ3v) is 9.05. The van der Waals surface area contributed by atoms with Crippen LogP contribution >= 0.6 is 5.50 Å². The Morgan fingerprint density at radius 1 is 1.39 bits per heavy atom. The van der Waals surface area contributed by atoms with Gasteiger partial charge in [-0.3, -0.25) is 0 Å². The van der Waals surface area contributed by atoms with Gasteiger partial charge in [0.25, 0.3) is 0 Å². The van der Waals surface area contributed by atoms with Gasteiger partial charge in [-0.05, 0) is 0 Å². The van der Waals surface area contributed by atoms with Crippen LogP contribution in [0.1, 0.15) is 41.0 Å². The van der Waals surface area contributed by atoms with Crippen LogP contribution in [-0.4, -0.2) is 42.6 Å². The second-order valence-corrected chi connectivity index (χ2v) is 14.3. The molecule has 2 rings (SSSR count). The van der Waals surface area contributed by atoms with Crippen LogP contribution in [0.3, 0.4) is 0 Å². The topological polar surface area (TPSA) is 66.0 Å². The molecule has 6 nitrogen and oxygen atoms in total. The summed E-state index contributed by atoms with van der Waals surface area (Å²) in [5.74, 6) is 0.266. The van der Waals surface area contributed by atoms with E-state index in [0.29, 0.717) is 5.75 Å². The summed E-state index contributed by atoms with van der Waals surface area (Å²) >= 11 is 1.02. The molecule has 1 heterocycles. The summed E-state index contributed by atoms with van der Waals surface area (Å²) in [6, 6.07) is 8.66. The molecule has 1 saturated heterocycles. The Labute approximate surface area is 176 Å². The number of benzene rings is 1. The van der Waals surface area contributed by atoms with E-state index in [1.807, 2.05) is 30.3 Å². The van der Waals surface area contributed by atoms with Gasteiger partial charge in [0.2, 0.25) is 0 Å². The number of carbonyl (C=O) groups excluding carboxylic acids is 1.